The molecule has 0 unspecified atom stereocenters. The van der Waals surface area contributed by atoms with E-state index in [0.29, 0.717) is 13.2 Å². The van der Waals surface area contributed by atoms with Gasteiger partial charge in [-0.05, 0) is 12.1 Å². The first-order valence-corrected chi connectivity index (χ1v) is 5.07. The van der Waals surface area contributed by atoms with Crippen LogP contribution < -0.4 is 4.74 Å². The number of aromatic nitrogens is 3. The molecule has 0 bridgehead atoms. The normalized spacial score (nSPS) is 10.1. The molecule has 0 saturated carbocycles. The van der Waals surface area contributed by atoms with E-state index in [0.717, 1.165) is 5.75 Å². The average Bonchev–Trinajstić information content (AvgIpc) is 2.79. The standard InChI is InChI=1S/C11H11N3O3/c15-11(16)10-8-14(13-12-10)6-7-17-9-4-2-1-3-5-9/h1-5,8H,6-7H2,(H,15,16). The lowest BCUT2D eigenvalue weighted by Crippen LogP contribution is -2.08. The van der Waals surface area contributed by atoms with E-state index < -0.39 is 5.97 Å². The predicted octanol–water partition coefficient (Wildman–Crippen LogP) is 1.06. The summed E-state index contributed by atoms with van der Waals surface area (Å²) in [6, 6.07) is 9.37. The van der Waals surface area contributed by atoms with Crippen LogP contribution in [0.5, 0.6) is 5.75 Å². The van der Waals surface area contributed by atoms with Crippen molar-refractivity contribution in [1.82, 2.24) is 15.0 Å². The average molecular weight is 233 g/mol. The number of hydrogen-bond acceptors (Lipinski definition) is 4. The van der Waals surface area contributed by atoms with Crippen LogP contribution in [0.1, 0.15) is 10.5 Å². The minimum atomic E-state index is -1.08. The van der Waals surface area contributed by atoms with Crippen LogP contribution in [0.2, 0.25) is 0 Å². The summed E-state index contributed by atoms with van der Waals surface area (Å²) in [4.78, 5) is 10.6. The van der Waals surface area contributed by atoms with E-state index >= 15 is 0 Å². The van der Waals surface area contributed by atoms with E-state index in [2.05, 4.69) is 10.3 Å². The molecule has 2 aromatic rings. The van der Waals surface area contributed by atoms with Crippen LogP contribution in [-0.4, -0.2) is 32.7 Å². The second-order valence-electron chi connectivity index (χ2n) is 3.33. The van der Waals surface area contributed by atoms with Gasteiger partial charge in [-0.2, -0.15) is 0 Å². The van der Waals surface area contributed by atoms with Gasteiger partial charge in [-0.25, -0.2) is 9.48 Å². The highest BCUT2D eigenvalue weighted by Crippen LogP contribution is 2.07. The molecule has 0 amide bonds. The monoisotopic (exact) mass is 233 g/mol. The van der Waals surface area contributed by atoms with Crippen LogP contribution in [0.4, 0.5) is 0 Å². The molecule has 6 nitrogen and oxygen atoms in total. The number of carbonyl (C=O) groups is 1. The Morgan fingerprint density at radius 1 is 1.35 bits per heavy atom. The molecule has 88 valence electrons. The maximum absolute atomic E-state index is 10.6. The van der Waals surface area contributed by atoms with Gasteiger partial charge in [-0.15, -0.1) is 5.10 Å². The Morgan fingerprint density at radius 2 is 2.12 bits per heavy atom. The number of carboxylic acids is 1. The van der Waals surface area contributed by atoms with Crippen molar-refractivity contribution in [2.45, 2.75) is 6.54 Å². The predicted molar refractivity (Wildman–Crippen MR) is 58.9 cm³/mol. The lowest BCUT2D eigenvalue weighted by molar-refractivity contribution is 0.0690. The first-order chi connectivity index (χ1) is 8.25. The first kappa shape index (κ1) is 11.1. The Morgan fingerprint density at radius 3 is 2.76 bits per heavy atom. The highest BCUT2D eigenvalue weighted by molar-refractivity contribution is 5.84. The third-order valence-corrected chi connectivity index (χ3v) is 2.09. The van der Waals surface area contributed by atoms with Gasteiger partial charge in [0, 0.05) is 0 Å². The van der Waals surface area contributed by atoms with Gasteiger partial charge in [-0.1, -0.05) is 23.4 Å². The fourth-order valence-corrected chi connectivity index (χ4v) is 1.28. The molecule has 1 aromatic carbocycles. The highest BCUT2D eigenvalue weighted by atomic mass is 16.5. The molecule has 0 aliphatic rings. The van der Waals surface area contributed by atoms with E-state index in [1.165, 1.54) is 10.9 Å². The van der Waals surface area contributed by atoms with E-state index in [4.69, 9.17) is 9.84 Å². The molecular formula is C11H11N3O3. The Labute approximate surface area is 97.4 Å². The van der Waals surface area contributed by atoms with Crippen LogP contribution in [-0.2, 0) is 6.54 Å². The molecule has 0 aliphatic carbocycles. The SMILES string of the molecule is O=C(O)c1cn(CCOc2ccccc2)nn1. The third kappa shape index (κ3) is 3.04. The summed E-state index contributed by atoms with van der Waals surface area (Å²) in [5.74, 6) is -0.314. The first-order valence-electron chi connectivity index (χ1n) is 5.07. The second kappa shape index (κ2) is 5.11. The van der Waals surface area contributed by atoms with Gasteiger partial charge in [0.15, 0.2) is 5.69 Å². The lowest BCUT2D eigenvalue weighted by Gasteiger charge is -2.04. The molecule has 0 aliphatic heterocycles. The summed E-state index contributed by atoms with van der Waals surface area (Å²) < 4.78 is 6.88. The van der Waals surface area contributed by atoms with Gasteiger partial charge >= 0.3 is 5.97 Å². The molecule has 1 heterocycles. The van der Waals surface area contributed by atoms with Crippen molar-refractivity contribution in [2.75, 3.05) is 6.61 Å². The van der Waals surface area contributed by atoms with Crippen LogP contribution in [0.25, 0.3) is 0 Å². The van der Waals surface area contributed by atoms with E-state index in [1.54, 1.807) is 0 Å². The zero-order chi connectivity index (χ0) is 12.1. The molecule has 17 heavy (non-hydrogen) atoms. The Bertz CT molecular complexity index is 496. The number of aromatic carboxylic acids is 1. The summed E-state index contributed by atoms with van der Waals surface area (Å²) in [5.41, 5.74) is -0.0651. The lowest BCUT2D eigenvalue weighted by atomic mass is 10.3. The van der Waals surface area contributed by atoms with Crippen molar-refractivity contribution in [3.63, 3.8) is 0 Å². The number of nitrogens with zero attached hydrogens (tertiary/aromatic N) is 3. The van der Waals surface area contributed by atoms with Crippen molar-refractivity contribution in [2.24, 2.45) is 0 Å². The molecule has 0 saturated heterocycles. The summed E-state index contributed by atoms with van der Waals surface area (Å²) in [5, 5.41) is 15.8. The molecule has 0 spiro atoms. The Kier molecular flexibility index (Phi) is 3.34. The van der Waals surface area contributed by atoms with Crippen molar-refractivity contribution in [1.29, 1.82) is 0 Å². The van der Waals surface area contributed by atoms with Crippen LogP contribution in [0, 0.1) is 0 Å². The fourth-order valence-electron chi connectivity index (χ4n) is 1.28. The topological polar surface area (TPSA) is 77.2 Å². The van der Waals surface area contributed by atoms with E-state index in [9.17, 15) is 4.79 Å². The fraction of sp³-hybridized carbons (Fsp3) is 0.182. The summed E-state index contributed by atoms with van der Waals surface area (Å²) in [6.07, 6.45) is 1.37. The number of hydrogen-bond donors (Lipinski definition) is 1. The maximum Gasteiger partial charge on any atom is 0.358 e. The van der Waals surface area contributed by atoms with Gasteiger partial charge in [0.1, 0.15) is 12.4 Å². The largest absolute Gasteiger partial charge is 0.492 e. The molecule has 6 heteroatoms. The number of benzene rings is 1. The quantitative estimate of drug-likeness (QED) is 0.835. The molecule has 0 fully saturated rings. The maximum atomic E-state index is 10.6. The van der Waals surface area contributed by atoms with Crippen molar-refractivity contribution in [3.8, 4) is 5.75 Å². The number of rotatable bonds is 5. The van der Waals surface area contributed by atoms with Crippen molar-refractivity contribution >= 4 is 5.97 Å². The molecule has 0 radical (unpaired) electrons. The number of carboxylic acid groups (broad SMARTS) is 1. The summed E-state index contributed by atoms with van der Waals surface area (Å²) in [6.45, 7) is 0.863. The Balaban J connectivity index is 1.84. The van der Waals surface area contributed by atoms with Gasteiger partial charge in [0.2, 0.25) is 0 Å². The van der Waals surface area contributed by atoms with Gasteiger partial charge in [0.25, 0.3) is 0 Å². The zero-order valence-corrected chi connectivity index (χ0v) is 8.98. The van der Waals surface area contributed by atoms with Gasteiger partial charge in [0.05, 0.1) is 12.7 Å². The summed E-state index contributed by atoms with van der Waals surface area (Å²) in [7, 11) is 0. The molecule has 1 aromatic heterocycles. The summed E-state index contributed by atoms with van der Waals surface area (Å²) >= 11 is 0. The van der Waals surface area contributed by atoms with Crippen LogP contribution in [0.15, 0.2) is 36.5 Å². The minimum absolute atomic E-state index is 0.0651. The highest BCUT2D eigenvalue weighted by Gasteiger charge is 2.07. The van der Waals surface area contributed by atoms with E-state index in [1.807, 2.05) is 30.3 Å². The minimum Gasteiger partial charge on any atom is -0.492 e. The molecular weight excluding hydrogens is 222 g/mol. The van der Waals surface area contributed by atoms with Crippen molar-refractivity contribution < 1.29 is 14.6 Å². The van der Waals surface area contributed by atoms with Crippen LogP contribution >= 0.6 is 0 Å². The smallest absolute Gasteiger partial charge is 0.358 e. The third-order valence-electron chi connectivity index (χ3n) is 2.09. The molecule has 0 atom stereocenters. The Hall–Kier alpha value is -2.37. The molecule has 1 N–H and O–H groups in total. The number of para-hydroxylation sites is 1. The van der Waals surface area contributed by atoms with Gasteiger partial charge in [-0.3, -0.25) is 0 Å². The number of ether oxygens (including phenoxy) is 1. The molecule has 2 rings (SSSR count). The second-order valence-corrected chi connectivity index (χ2v) is 3.33. The van der Waals surface area contributed by atoms with Crippen molar-refractivity contribution in [3.05, 3.63) is 42.2 Å². The van der Waals surface area contributed by atoms with Crippen LogP contribution in [0.3, 0.4) is 0 Å². The van der Waals surface area contributed by atoms with E-state index in [-0.39, 0.29) is 5.69 Å². The van der Waals surface area contributed by atoms with Gasteiger partial charge < -0.3 is 9.84 Å². The zero-order valence-electron chi connectivity index (χ0n) is 8.98.